The van der Waals surface area contributed by atoms with Gasteiger partial charge in [0, 0.05) is 161 Å². The lowest BCUT2D eigenvalue weighted by molar-refractivity contribution is -0.154. The average Bonchev–Trinajstić information content (AvgIpc) is 0.767. The molecule has 0 bridgehead atoms. The van der Waals surface area contributed by atoms with Gasteiger partial charge in [0.15, 0.2) is 54.5 Å². The molecule has 7 unspecified atom stereocenters. The number of esters is 9. The number of ether oxygens (including phenoxy) is 12. The number of unbranched alkanes of at least 4 members (excludes halogenated alkanes) is 7. The number of hydrogen-bond donors (Lipinski definition) is 13. The molecule has 0 saturated carbocycles. The van der Waals surface area contributed by atoms with Gasteiger partial charge in [0.25, 0.3) is 0 Å². The van der Waals surface area contributed by atoms with Crippen LogP contribution in [-0.2, 0) is 143 Å². The molecule has 14 N–H and O–H groups in total. The van der Waals surface area contributed by atoms with E-state index in [4.69, 9.17) is 62.6 Å². The number of nitrogens with two attached hydrogens (primary N) is 1. The minimum Gasteiger partial charge on any atom is -0.466 e. The van der Waals surface area contributed by atoms with Gasteiger partial charge in [-0.25, -0.2) is 0 Å². The Morgan fingerprint density at radius 3 is 0.829 bits per heavy atom. The SMILES string of the molecule is CC(=O)N/C(=C(\OC(C)=O)C(CCOC(C)=O)OC(C)=O)C(O)OCCCCCC(=O)NCCCNC(=O)CN(CC(=O)NCCCNC(=O)CCCCCOC(O)/C(NC(C)=O)=C(/OC(C)=O)C(CCOC(C)=O)OC(C)=O)C(CCCCN)C(=O)NCCCNC(=O)CCCCCOC(O)/C(NC(C)=O)=C(\OC(C)=O)C(CCOC(C)=O)OC(C)=O. The summed E-state index contributed by atoms with van der Waals surface area (Å²) in [6.07, 6.45) is -5.24. The van der Waals surface area contributed by atoms with Crippen LogP contribution in [0.4, 0.5) is 0 Å². The van der Waals surface area contributed by atoms with Crippen molar-refractivity contribution in [2.75, 3.05) is 98.5 Å². The van der Waals surface area contributed by atoms with E-state index in [2.05, 4.69) is 47.9 Å². The molecule has 0 aromatic rings. The normalized spacial score (nSPS) is 13.3. The largest absolute Gasteiger partial charge is 0.466 e. The molecule has 9 amide bonds. The smallest absolute Gasteiger partial charge is 0.307 e. The molecular formula is C79H129N11O33. The Hall–Kier alpha value is -10.6. The minimum atomic E-state index is -1.91. The van der Waals surface area contributed by atoms with E-state index in [9.17, 15) is 102 Å². The number of nitrogens with one attached hydrogen (secondary N) is 9. The van der Waals surface area contributed by atoms with Crippen LogP contribution in [-0.4, -0.2) is 269 Å². The first-order chi connectivity index (χ1) is 58.2. The Kier molecular flexibility index (Phi) is 61.1. The maximum atomic E-state index is 14.2. The predicted octanol–water partition coefficient (Wildman–Crippen LogP) is -0.273. The average molecular weight is 1760 g/mol. The molecule has 0 aromatic heterocycles. The molecule has 0 fully saturated rings. The lowest BCUT2D eigenvalue weighted by Gasteiger charge is -2.30. The van der Waals surface area contributed by atoms with Crippen LogP contribution in [0.3, 0.4) is 0 Å². The van der Waals surface area contributed by atoms with E-state index in [-0.39, 0.29) is 167 Å². The van der Waals surface area contributed by atoms with Crippen molar-refractivity contribution in [3.05, 3.63) is 34.4 Å². The highest BCUT2D eigenvalue weighted by Gasteiger charge is 2.35. The lowest BCUT2D eigenvalue weighted by atomic mass is 10.1. The van der Waals surface area contributed by atoms with Crippen molar-refractivity contribution < 1.29 is 158 Å². The van der Waals surface area contributed by atoms with Gasteiger partial charge in [0.2, 0.25) is 53.2 Å². The van der Waals surface area contributed by atoms with Gasteiger partial charge in [-0.15, -0.1) is 0 Å². The minimum absolute atomic E-state index is 0.0609. The van der Waals surface area contributed by atoms with E-state index in [1.807, 2.05) is 0 Å². The number of carbonyl (C=O) groups is 18. The molecule has 7 atom stereocenters. The monoisotopic (exact) mass is 1760 g/mol. The second-order valence-electron chi connectivity index (χ2n) is 27.7. The Balaban J connectivity index is 6.13. The molecule has 123 heavy (non-hydrogen) atoms. The highest BCUT2D eigenvalue weighted by atomic mass is 16.6. The quantitative estimate of drug-likeness (QED) is 0.0122. The molecule has 0 rings (SSSR count). The van der Waals surface area contributed by atoms with Gasteiger partial charge in [0.05, 0.1) is 58.8 Å². The van der Waals surface area contributed by atoms with Crippen LogP contribution in [0.2, 0.25) is 0 Å². The van der Waals surface area contributed by atoms with Crippen molar-refractivity contribution in [3.8, 4) is 0 Å². The molecule has 0 heterocycles. The Bertz CT molecular complexity index is 3370. The molecule has 44 nitrogen and oxygen atoms in total. The zero-order valence-electron chi connectivity index (χ0n) is 72.6. The van der Waals surface area contributed by atoms with Crippen LogP contribution in [0, 0.1) is 0 Å². The van der Waals surface area contributed by atoms with Crippen LogP contribution in [0.25, 0.3) is 0 Å². The molecule has 0 aliphatic carbocycles. The molecule has 0 spiro atoms. The second kappa shape index (κ2) is 66.9. The fourth-order valence-electron chi connectivity index (χ4n) is 11.2. The molecule has 0 saturated heterocycles. The van der Waals surface area contributed by atoms with E-state index in [0.29, 0.717) is 70.6 Å². The van der Waals surface area contributed by atoms with Gasteiger partial charge in [0.1, 0.15) is 17.1 Å². The van der Waals surface area contributed by atoms with Gasteiger partial charge in [-0.2, -0.15) is 0 Å². The maximum Gasteiger partial charge on any atom is 0.307 e. The molecular weight excluding hydrogens is 1630 g/mol. The van der Waals surface area contributed by atoms with Crippen molar-refractivity contribution in [1.29, 1.82) is 0 Å². The first-order valence-electron chi connectivity index (χ1n) is 40.6. The molecule has 0 aromatic carbocycles. The maximum absolute atomic E-state index is 14.2. The molecule has 0 radical (unpaired) electrons. The summed E-state index contributed by atoms with van der Waals surface area (Å²) in [4.78, 5) is 225. The Morgan fingerprint density at radius 1 is 0.301 bits per heavy atom. The number of carbonyl (C=O) groups excluding carboxylic acids is 18. The first-order valence-corrected chi connectivity index (χ1v) is 40.6. The summed E-state index contributed by atoms with van der Waals surface area (Å²) in [5.74, 6) is -13.3. The third kappa shape index (κ3) is 58.1. The standard InChI is InChI=1S/C79H129N11O33/c1-49(91)87-70(73(121-58(10)100)62(118-55(7)97)31-44-112-52(4)94)77(109)115-41-21-13-16-28-65(103)81-35-24-38-84-68(106)47-90(48-69(107)85-39-25-36-82-66(104)29-17-14-22-42-116-78(110)71(88-50(2)92)74(122-59(11)101)63(119-56(8)98)32-45-113-53(5)95)61(27-19-20-34-80)76(108)86-40-26-37-83-67(105)30-18-15-23-43-117-79(111)72(89-51(3)93)75(123-60(12)102)64(120-57(9)99)33-46-114-54(6)96/h61-64,77-79,109-111H,13-48,80H2,1-12H3,(H,81,103)(H,82,104)(H,83,105)(H,84,106)(H,85,107)(H,86,108)(H,87,91)(H,88,92)(H,89,93)/b73-70-,74-71-,75-72+. The van der Waals surface area contributed by atoms with E-state index in [1.165, 1.54) is 4.90 Å². The van der Waals surface area contributed by atoms with Crippen molar-refractivity contribution in [1.82, 2.24) is 52.8 Å². The molecule has 0 aliphatic rings. The van der Waals surface area contributed by atoms with E-state index >= 15 is 0 Å². The highest BCUT2D eigenvalue weighted by molar-refractivity contribution is 5.86. The number of aliphatic hydroxyl groups is 3. The summed E-state index contributed by atoms with van der Waals surface area (Å²) in [7, 11) is 0. The summed E-state index contributed by atoms with van der Waals surface area (Å²) in [5.41, 5.74) is 4.53. The number of nitrogens with zero attached hydrogens (tertiary/aromatic N) is 1. The third-order valence-corrected chi connectivity index (χ3v) is 16.4. The fraction of sp³-hybridized carbons (Fsp3) is 0.696. The van der Waals surface area contributed by atoms with Gasteiger partial charge >= 0.3 is 53.7 Å². The van der Waals surface area contributed by atoms with E-state index in [0.717, 1.165) is 83.1 Å². The summed E-state index contributed by atoms with van der Waals surface area (Å²) >= 11 is 0. The van der Waals surface area contributed by atoms with Gasteiger partial charge in [-0.1, -0.05) is 25.7 Å². The van der Waals surface area contributed by atoms with Crippen molar-refractivity contribution in [2.24, 2.45) is 5.73 Å². The zero-order chi connectivity index (χ0) is 92.8. The Morgan fingerprint density at radius 2 is 0.577 bits per heavy atom. The number of aliphatic hydroxyl groups excluding tert-OH is 3. The van der Waals surface area contributed by atoms with Crippen LogP contribution in [0.15, 0.2) is 34.4 Å². The van der Waals surface area contributed by atoms with Gasteiger partial charge in [-0.3, -0.25) is 91.2 Å². The summed E-state index contributed by atoms with van der Waals surface area (Å²) in [5, 5.41) is 56.9. The van der Waals surface area contributed by atoms with Crippen molar-refractivity contribution in [3.63, 3.8) is 0 Å². The zero-order valence-corrected chi connectivity index (χ0v) is 72.6. The van der Waals surface area contributed by atoms with Gasteiger partial charge < -0.3 is 126 Å². The predicted molar refractivity (Wildman–Crippen MR) is 430 cm³/mol. The topological polar surface area (TPSA) is 616 Å². The molecule has 44 heteroatoms. The molecule has 698 valence electrons. The summed E-state index contributed by atoms with van der Waals surface area (Å²) in [6.45, 7) is 11.8. The highest BCUT2D eigenvalue weighted by Crippen LogP contribution is 2.25. The first kappa shape index (κ1) is 112. The lowest BCUT2D eigenvalue weighted by Crippen LogP contribution is -2.53. The van der Waals surface area contributed by atoms with Crippen molar-refractivity contribution in [2.45, 2.75) is 261 Å². The van der Waals surface area contributed by atoms with Crippen molar-refractivity contribution >= 4 is 107 Å². The fourth-order valence-corrected chi connectivity index (χ4v) is 11.2. The third-order valence-electron chi connectivity index (χ3n) is 16.4. The number of rotatable bonds is 67. The van der Waals surface area contributed by atoms with E-state index in [1.54, 1.807) is 0 Å². The van der Waals surface area contributed by atoms with Crippen LogP contribution in [0.5, 0.6) is 0 Å². The van der Waals surface area contributed by atoms with E-state index < -0.39 is 180 Å². The van der Waals surface area contributed by atoms with Crippen LogP contribution in [0.1, 0.15) is 218 Å². The number of hydrogen-bond acceptors (Lipinski definition) is 35. The number of amides is 9. The summed E-state index contributed by atoms with van der Waals surface area (Å²) in [6, 6.07) is -1.05. The Labute approximate surface area is 715 Å². The van der Waals surface area contributed by atoms with Crippen LogP contribution >= 0.6 is 0 Å². The summed E-state index contributed by atoms with van der Waals surface area (Å²) < 4.78 is 63.1. The second-order valence-corrected chi connectivity index (χ2v) is 27.7. The van der Waals surface area contributed by atoms with Crippen LogP contribution < -0.4 is 53.6 Å². The van der Waals surface area contributed by atoms with Gasteiger partial charge in [-0.05, 0) is 77.2 Å². The molecule has 0 aliphatic heterocycles.